The van der Waals surface area contributed by atoms with E-state index in [1.165, 1.54) is 36.5 Å². The molecule has 1 fully saturated rings. The van der Waals surface area contributed by atoms with E-state index in [0.717, 1.165) is 12.1 Å². The van der Waals surface area contributed by atoms with Crippen LogP contribution in [0.15, 0.2) is 36.7 Å². The predicted octanol–water partition coefficient (Wildman–Crippen LogP) is 2.56. The molecule has 10 heteroatoms. The van der Waals surface area contributed by atoms with Crippen LogP contribution >= 0.6 is 0 Å². The molecule has 0 aliphatic carbocycles. The Balaban J connectivity index is 1.52. The zero-order valence-electron chi connectivity index (χ0n) is 15.0. The number of hydrogen-bond donors (Lipinski definition) is 0. The Morgan fingerprint density at radius 3 is 2.71 bits per heavy atom. The minimum absolute atomic E-state index is 0.0144. The number of benzene rings is 1. The van der Waals surface area contributed by atoms with Gasteiger partial charge in [0, 0.05) is 25.4 Å². The molecule has 7 nitrogen and oxygen atoms in total. The average Bonchev–Trinajstić information content (AvgIpc) is 3.15. The van der Waals surface area contributed by atoms with Crippen LogP contribution in [-0.4, -0.2) is 53.7 Å². The Kier molecular flexibility index (Phi) is 5.86. The molecule has 1 aliphatic heterocycles. The second-order valence-corrected chi connectivity index (χ2v) is 6.05. The minimum atomic E-state index is -4.47. The van der Waals surface area contributed by atoms with E-state index in [0.29, 0.717) is 19.5 Å². The summed E-state index contributed by atoms with van der Waals surface area (Å²) in [5.41, 5.74) is -0.829. The largest absolute Gasteiger partial charge is 0.484 e. The second-order valence-electron chi connectivity index (χ2n) is 6.05. The second kappa shape index (κ2) is 8.32. The monoisotopic (exact) mass is 397 g/mol. The first kappa shape index (κ1) is 19.7. The van der Waals surface area contributed by atoms with Crippen molar-refractivity contribution in [2.75, 3.05) is 26.8 Å². The highest BCUT2D eigenvalue weighted by Crippen LogP contribution is 2.31. The van der Waals surface area contributed by atoms with Crippen LogP contribution in [0, 0.1) is 0 Å². The van der Waals surface area contributed by atoms with E-state index in [9.17, 15) is 18.0 Å². The standard InChI is InChI=1S/C18H18F3N3O4/c1-26-16-17(23-7-6-22-16)28-14-5-8-24(10-14)15(25)11-27-13-4-2-3-12(9-13)18(19,20)21/h2-4,6-7,9,14H,5,8,10-11H2,1H3. The highest BCUT2D eigenvalue weighted by atomic mass is 19.4. The molecule has 0 N–H and O–H groups in total. The van der Waals surface area contributed by atoms with Crippen LogP contribution in [0.1, 0.15) is 12.0 Å². The maximum absolute atomic E-state index is 12.7. The molecule has 150 valence electrons. The van der Waals surface area contributed by atoms with Crippen molar-refractivity contribution < 1.29 is 32.2 Å². The minimum Gasteiger partial charge on any atom is -0.484 e. The molecule has 1 atom stereocenters. The van der Waals surface area contributed by atoms with Crippen molar-refractivity contribution >= 4 is 5.91 Å². The fourth-order valence-corrected chi connectivity index (χ4v) is 2.74. The van der Waals surface area contributed by atoms with Gasteiger partial charge in [0.05, 0.1) is 19.2 Å². The Morgan fingerprint density at radius 2 is 2.00 bits per heavy atom. The summed E-state index contributed by atoms with van der Waals surface area (Å²) in [5.74, 6) is 0.138. The molecule has 0 spiro atoms. The van der Waals surface area contributed by atoms with Gasteiger partial charge in [0.25, 0.3) is 17.7 Å². The van der Waals surface area contributed by atoms with Crippen molar-refractivity contribution in [3.8, 4) is 17.5 Å². The van der Waals surface area contributed by atoms with E-state index in [1.807, 2.05) is 0 Å². The molecule has 2 heterocycles. The van der Waals surface area contributed by atoms with Crippen molar-refractivity contribution in [1.82, 2.24) is 14.9 Å². The molecule has 1 amide bonds. The van der Waals surface area contributed by atoms with Gasteiger partial charge in [-0.3, -0.25) is 4.79 Å². The number of alkyl halides is 3. The van der Waals surface area contributed by atoms with Crippen LogP contribution < -0.4 is 14.2 Å². The molecule has 0 radical (unpaired) electrons. The van der Waals surface area contributed by atoms with Crippen LogP contribution in [0.5, 0.6) is 17.5 Å². The highest BCUT2D eigenvalue weighted by Gasteiger charge is 2.31. The Bertz CT molecular complexity index is 832. The zero-order valence-corrected chi connectivity index (χ0v) is 15.0. The molecule has 1 unspecified atom stereocenters. The number of nitrogens with zero attached hydrogens (tertiary/aromatic N) is 3. The lowest BCUT2D eigenvalue weighted by Crippen LogP contribution is -2.34. The van der Waals surface area contributed by atoms with Gasteiger partial charge in [0.15, 0.2) is 6.61 Å². The van der Waals surface area contributed by atoms with Crippen molar-refractivity contribution in [1.29, 1.82) is 0 Å². The van der Waals surface area contributed by atoms with Crippen LogP contribution in [0.3, 0.4) is 0 Å². The third kappa shape index (κ3) is 4.81. The van der Waals surface area contributed by atoms with Crippen LogP contribution in [-0.2, 0) is 11.0 Å². The number of carbonyl (C=O) groups is 1. The van der Waals surface area contributed by atoms with Gasteiger partial charge >= 0.3 is 6.18 Å². The maximum atomic E-state index is 12.7. The van der Waals surface area contributed by atoms with Gasteiger partial charge in [-0.15, -0.1) is 0 Å². The fourth-order valence-electron chi connectivity index (χ4n) is 2.74. The van der Waals surface area contributed by atoms with Gasteiger partial charge in [-0.05, 0) is 18.2 Å². The Morgan fingerprint density at radius 1 is 1.25 bits per heavy atom. The van der Waals surface area contributed by atoms with E-state index in [4.69, 9.17) is 14.2 Å². The van der Waals surface area contributed by atoms with Crippen molar-refractivity contribution in [3.05, 3.63) is 42.2 Å². The molecule has 1 saturated heterocycles. The zero-order chi connectivity index (χ0) is 20.1. The van der Waals surface area contributed by atoms with Gasteiger partial charge in [-0.25, -0.2) is 9.97 Å². The number of likely N-dealkylation sites (tertiary alicyclic amines) is 1. The molecule has 1 aliphatic rings. The summed E-state index contributed by atoms with van der Waals surface area (Å²) >= 11 is 0. The molecule has 1 aromatic carbocycles. The summed E-state index contributed by atoms with van der Waals surface area (Å²) in [5, 5.41) is 0. The first-order valence-electron chi connectivity index (χ1n) is 8.46. The quantitative estimate of drug-likeness (QED) is 0.746. The lowest BCUT2D eigenvalue weighted by Gasteiger charge is -2.18. The maximum Gasteiger partial charge on any atom is 0.416 e. The van der Waals surface area contributed by atoms with Gasteiger partial charge in [-0.2, -0.15) is 13.2 Å². The Hall–Kier alpha value is -3.04. The fraction of sp³-hybridized carbons (Fsp3) is 0.389. The average molecular weight is 397 g/mol. The summed E-state index contributed by atoms with van der Waals surface area (Å²) in [6.45, 7) is 0.394. The first-order valence-corrected chi connectivity index (χ1v) is 8.46. The number of halogens is 3. The third-order valence-corrected chi connectivity index (χ3v) is 4.13. The van der Waals surface area contributed by atoms with Crippen LogP contribution in [0.4, 0.5) is 13.2 Å². The van der Waals surface area contributed by atoms with Gasteiger partial charge in [0.2, 0.25) is 0 Å². The molecule has 1 aromatic heterocycles. The summed E-state index contributed by atoms with van der Waals surface area (Å²) < 4.78 is 54.2. The van der Waals surface area contributed by atoms with E-state index < -0.39 is 11.7 Å². The van der Waals surface area contributed by atoms with Crippen molar-refractivity contribution in [2.24, 2.45) is 0 Å². The van der Waals surface area contributed by atoms with Gasteiger partial charge in [0.1, 0.15) is 11.9 Å². The molecule has 0 bridgehead atoms. The third-order valence-electron chi connectivity index (χ3n) is 4.13. The number of hydrogen-bond acceptors (Lipinski definition) is 6. The smallest absolute Gasteiger partial charge is 0.416 e. The summed E-state index contributed by atoms with van der Waals surface area (Å²) in [6.07, 6.45) is -1.23. The number of aromatic nitrogens is 2. The van der Waals surface area contributed by atoms with Crippen LogP contribution in [0.25, 0.3) is 0 Å². The number of amides is 1. The first-order chi connectivity index (χ1) is 13.4. The van der Waals surface area contributed by atoms with E-state index in [2.05, 4.69) is 9.97 Å². The lowest BCUT2D eigenvalue weighted by atomic mass is 10.2. The van der Waals surface area contributed by atoms with Gasteiger partial charge < -0.3 is 19.1 Å². The normalized spacial score (nSPS) is 16.7. The van der Waals surface area contributed by atoms with E-state index in [-0.39, 0.29) is 36.1 Å². The highest BCUT2D eigenvalue weighted by molar-refractivity contribution is 5.78. The molecular formula is C18H18F3N3O4. The number of methoxy groups -OCH3 is 1. The van der Waals surface area contributed by atoms with E-state index in [1.54, 1.807) is 0 Å². The number of rotatable bonds is 6. The summed E-state index contributed by atoms with van der Waals surface area (Å²) in [6, 6.07) is 4.41. The summed E-state index contributed by atoms with van der Waals surface area (Å²) in [4.78, 5) is 21.9. The van der Waals surface area contributed by atoms with Gasteiger partial charge in [-0.1, -0.05) is 6.07 Å². The predicted molar refractivity (Wildman–Crippen MR) is 91.1 cm³/mol. The van der Waals surface area contributed by atoms with Crippen molar-refractivity contribution in [2.45, 2.75) is 18.7 Å². The Labute approximate surface area is 159 Å². The molecule has 3 rings (SSSR count). The topological polar surface area (TPSA) is 73.8 Å². The van der Waals surface area contributed by atoms with Crippen LogP contribution in [0.2, 0.25) is 0 Å². The SMILES string of the molecule is COc1nccnc1OC1CCN(C(=O)COc2cccc(C(F)(F)F)c2)C1. The molecule has 2 aromatic rings. The summed E-state index contributed by atoms with van der Waals surface area (Å²) in [7, 11) is 1.45. The molecule has 0 saturated carbocycles. The molecular weight excluding hydrogens is 379 g/mol. The lowest BCUT2D eigenvalue weighted by molar-refractivity contribution is -0.137. The van der Waals surface area contributed by atoms with Crippen molar-refractivity contribution in [3.63, 3.8) is 0 Å². The van der Waals surface area contributed by atoms with E-state index >= 15 is 0 Å². The number of carbonyl (C=O) groups excluding carboxylic acids is 1. The molecule has 28 heavy (non-hydrogen) atoms. The number of ether oxygens (including phenoxy) is 3.